The van der Waals surface area contributed by atoms with E-state index in [1.54, 1.807) is 13.8 Å². The molecular formula is C16H17F3O3Si. The minimum absolute atomic E-state index is 0.230. The highest BCUT2D eigenvalue weighted by atomic mass is 28.4. The zero-order valence-electron chi connectivity index (χ0n) is 12.8. The van der Waals surface area contributed by atoms with E-state index in [1.165, 1.54) is 24.3 Å². The van der Waals surface area contributed by atoms with Gasteiger partial charge >= 0.3 is 8.80 Å². The third-order valence-electron chi connectivity index (χ3n) is 3.23. The second-order valence-electron chi connectivity index (χ2n) is 4.77. The largest absolute Gasteiger partial charge is 0.534 e. The molecule has 2 rings (SSSR count). The third-order valence-corrected chi connectivity index (χ3v) is 5.65. The number of rotatable bonds is 6. The molecule has 1 N–H and O–H groups in total. The lowest BCUT2D eigenvalue weighted by molar-refractivity contribution is 0.124. The molecule has 0 heterocycles. The van der Waals surface area contributed by atoms with Crippen LogP contribution in [-0.4, -0.2) is 26.8 Å². The molecule has 0 bridgehead atoms. The highest BCUT2D eigenvalue weighted by molar-refractivity contribution is 6.74. The second-order valence-corrected chi connectivity index (χ2v) is 7.09. The van der Waals surface area contributed by atoms with Gasteiger partial charge in [-0.1, -0.05) is 24.3 Å². The van der Waals surface area contributed by atoms with E-state index in [9.17, 15) is 18.0 Å². The average molecular weight is 342 g/mol. The van der Waals surface area contributed by atoms with Crippen LogP contribution in [-0.2, 0) is 8.85 Å². The minimum atomic E-state index is -3.53. The molecule has 0 aliphatic carbocycles. The lowest BCUT2D eigenvalue weighted by atomic mass is 10.0. The summed E-state index contributed by atoms with van der Waals surface area (Å²) in [6.07, 6.45) is 0. The van der Waals surface area contributed by atoms with Crippen molar-refractivity contribution in [1.29, 1.82) is 0 Å². The fourth-order valence-corrected chi connectivity index (χ4v) is 4.05. The molecule has 3 nitrogen and oxygen atoms in total. The lowest BCUT2D eigenvalue weighted by Gasteiger charge is -2.23. The van der Waals surface area contributed by atoms with E-state index < -0.39 is 26.3 Å². The zero-order valence-corrected chi connectivity index (χ0v) is 13.8. The zero-order chi connectivity index (χ0) is 17.0. The summed E-state index contributed by atoms with van der Waals surface area (Å²) in [5, 5.41) is 0.424. The van der Waals surface area contributed by atoms with Crippen LogP contribution in [0.1, 0.15) is 13.8 Å². The fourth-order valence-electron chi connectivity index (χ4n) is 2.27. The number of hydrogen-bond donors (Lipinski definition) is 1. The van der Waals surface area contributed by atoms with Crippen LogP contribution in [0, 0.1) is 17.5 Å². The Bertz CT molecular complexity index is 648. The molecular weight excluding hydrogens is 325 g/mol. The van der Waals surface area contributed by atoms with Gasteiger partial charge in [0.25, 0.3) is 0 Å². The van der Waals surface area contributed by atoms with Gasteiger partial charge in [0, 0.05) is 30.5 Å². The van der Waals surface area contributed by atoms with E-state index in [-0.39, 0.29) is 24.3 Å². The first-order chi connectivity index (χ1) is 10.9. The predicted molar refractivity (Wildman–Crippen MR) is 82.6 cm³/mol. The Hall–Kier alpha value is -1.67. The SMILES string of the molecule is CCO[Si](O)(OCC)c1ccc(-c2c(F)cc(F)cc2F)cc1. The van der Waals surface area contributed by atoms with Crippen molar-refractivity contribution in [3.8, 4) is 11.1 Å². The summed E-state index contributed by atoms with van der Waals surface area (Å²) < 4.78 is 51.3. The van der Waals surface area contributed by atoms with Crippen LogP contribution >= 0.6 is 0 Å². The quantitative estimate of drug-likeness (QED) is 0.821. The Balaban J connectivity index is 2.40. The standard InChI is InChI=1S/C16H17F3O3Si/c1-3-21-23(20,22-4-2)13-7-5-11(6-8-13)16-14(18)9-12(17)10-15(16)19/h5-10,20H,3-4H2,1-2H3. The van der Waals surface area contributed by atoms with Gasteiger partial charge in [0.15, 0.2) is 0 Å². The molecule has 2 aromatic rings. The van der Waals surface area contributed by atoms with Gasteiger partial charge in [0.1, 0.15) is 17.5 Å². The van der Waals surface area contributed by atoms with Crippen LogP contribution in [0.3, 0.4) is 0 Å². The van der Waals surface area contributed by atoms with Crippen LogP contribution in [0.25, 0.3) is 11.1 Å². The summed E-state index contributed by atoms with van der Waals surface area (Å²) in [7, 11) is -3.53. The van der Waals surface area contributed by atoms with Crippen LogP contribution < -0.4 is 5.19 Å². The second kappa shape index (κ2) is 7.27. The van der Waals surface area contributed by atoms with Gasteiger partial charge in [-0.05, 0) is 19.4 Å². The Kier molecular flexibility index (Phi) is 5.58. The van der Waals surface area contributed by atoms with Crippen molar-refractivity contribution in [1.82, 2.24) is 0 Å². The normalized spacial score (nSPS) is 11.7. The molecule has 2 aromatic carbocycles. The van der Waals surface area contributed by atoms with Crippen molar-refractivity contribution < 1.29 is 26.8 Å². The highest BCUT2D eigenvalue weighted by Gasteiger charge is 2.39. The van der Waals surface area contributed by atoms with Crippen LogP contribution in [0.5, 0.6) is 0 Å². The summed E-state index contributed by atoms with van der Waals surface area (Å²) in [6.45, 7) is 4.00. The maximum atomic E-state index is 13.8. The van der Waals surface area contributed by atoms with Crippen LogP contribution in [0.2, 0.25) is 0 Å². The van der Waals surface area contributed by atoms with E-state index in [4.69, 9.17) is 8.85 Å². The lowest BCUT2D eigenvalue weighted by Crippen LogP contribution is -2.54. The van der Waals surface area contributed by atoms with Gasteiger partial charge in [0.05, 0.1) is 5.56 Å². The number of benzene rings is 2. The first kappa shape index (κ1) is 17.7. The summed E-state index contributed by atoms with van der Waals surface area (Å²) in [5.41, 5.74) is -0.0935. The third kappa shape index (κ3) is 3.81. The van der Waals surface area contributed by atoms with Gasteiger partial charge in [-0.15, -0.1) is 0 Å². The molecule has 0 saturated heterocycles. The monoisotopic (exact) mass is 342 g/mol. The van der Waals surface area contributed by atoms with Gasteiger partial charge in [-0.2, -0.15) is 0 Å². The highest BCUT2D eigenvalue weighted by Crippen LogP contribution is 2.26. The molecule has 0 aliphatic rings. The van der Waals surface area contributed by atoms with Gasteiger partial charge in [-0.25, -0.2) is 13.2 Å². The van der Waals surface area contributed by atoms with E-state index in [0.717, 1.165) is 0 Å². The number of halogens is 3. The minimum Gasteiger partial charge on any atom is -0.386 e. The summed E-state index contributed by atoms with van der Waals surface area (Å²) in [4.78, 5) is 10.5. The average Bonchev–Trinajstić information content (AvgIpc) is 2.47. The van der Waals surface area contributed by atoms with Crippen molar-refractivity contribution in [2.75, 3.05) is 13.2 Å². The van der Waals surface area contributed by atoms with Crippen LogP contribution in [0.15, 0.2) is 36.4 Å². The molecule has 0 spiro atoms. The topological polar surface area (TPSA) is 38.7 Å². The molecule has 0 radical (unpaired) electrons. The molecule has 0 atom stereocenters. The first-order valence-electron chi connectivity index (χ1n) is 7.17. The Morgan fingerprint density at radius 3 is 1.83 bits per heavy atom. The van der Waals surface area contributed by atoms with Crippen molar-refractivity contribution in [2.24, 2.45) is 0 Å². The van der Waals surface area contributed by atoms with Crippen molar-refractivity contribution in [3.63, 3.8) is 0 Å². The smallest absolute Gasteiger partial charge is 0.386 e. The predicted octanol–water partition coefficient (Wildman–Crippen LogP) is 2.98. The molecule has 0 amide bonds. The Morgan fingerprint density at radius 1 is 0.913 bits per heavy atom. The maximum Gasteiger partial charge on any atom is 0.534 e. The van der Waals surface area contributed by atoms with Gasteiger partial charge in [0.2, 0.25) is 0 Å². The fraction of sp³-hybridized carbons (Fsp3) is 0.250. The summed E-state index contributed by atoms with van der Waals surface area (Å²) >= 11 is 0. The van der Waals surface area contributed by atoms with Crippen molar-refractivity contribution in [3.05, 3.63) is 53.8 Å². The van der Waals surface area contributed by atoms with Crippen molar-refractivity contribution >= 4 is 14.0 Å². The number of hydrogen-bond acceptors (Lipinski definition) is 3. The first-order valence-corrected chi connectivity index (χ1v) is 8.93. The van der Waals surface area contributed by atoms with E-state index >= 15 is 0 Å². The van der Waals surface area contributed by atoms with E-state index in [1.807, 2.05) is 0 Å². The molecule has 7 heteroatoms. The molecule has 23 heavy (non-hydrogen) atoms. The van der Waals surface area contributed by atoms with E-state index in [0.29, 0.717) is 17.3 Å². The summed E-state index contributed by atoms with van der Waals surface area (Å²) in [6, 6.07) is 7.11. The van der Waals surface area contributed by atoms with E-state index in [2.05, 4.69) is 0 Å². The molecule has 124 valence electrons. The van der Waals surface area contributed by atoms with Gasteiger partial charge in [-0.3, -0.25) is 0 Å². The Morgan fingerprint density at radius 2 is 1.39 bits per heavy atom. The molecule has 0 saturated carbocycles. The van der Waals surface area contributed by atoms with Crippen molar-refractivity contribution in [2.45, 2.75) is 13.8 Å². The molecule has 0 aliphatic heterocycles. The molecule has 0 unspecified atom stereocenters. The summed E-state index contributed by atoms with van der Waals surface area (Å²) in [5.74, 6) is -2.95. The van der Waals surface area contributed by atoms with Crippen LogP contribution in [0.4, 0.5) is 13.2 Å². The molecule has 0 aromatic heterocycles. The molecule has 0 fully saturated rings. The Labute approximate surface area is 133 Å². The maximum absolute atomic E-state index is 13.8. The van der Waals surface area contributed by atoms with Gasteiger partial charge < -0.3 is 13.6 Å².